The van der Waals surface area contributed by atoms with E-state index in [4.69, 9.17) is 0 Å². The summed E-state index contributed by atoms with van der Waals surface area (Å²) in [5.74, 6) is 0. The molecule has 0 atom stereocenters. The molecule has 2 heterocycles. The lowest BCUT2D eigenvalue weighted by Crippen LogP contribution is -1.92. The smallest absolute Gasteiger partial charge is 0.0945 e. The van der Waals surface area contributed by atoms with Gasteiger partial charge < -0.3 is 9.13 Å². The van der Waals surface area contributed by atoms with Crippen LogP contribution in [0.25, 0.3) is 0 Å². The molecule has 160 valence electrons. The first-order valence-electron chi connectivity index (χ1n) is 10.2. The van der Waals surface area contributed by atoms with Crippen molar-refractivity contribution < 1.29 is 0 Å². The minimum absolute atomic E-state index is 0. The standard InChI is InChI=1S/2C7H12N2.C7H16.2BrH/c2*1-2-3-5-9-6-4-8-7-9;1-3-5-7-6-4-2;;/h2*4,6-7H,2-3,5H2,1H3;3-7H2,1-2H3;2*1H. The van der Waals surface area contributed by atoms with Gasteiger partial charge in [0.2, 0.25) is 0 Å². The number of rotatable bonds is 10. The largest absolute Gasteiger partial charge is 0.337 e. The summed E-state index contributed by atoms with van der Waals surface area (Å²) in [4.78, 5) is 7.88. The van der Waals surface area contributed by atoms with Gasteiger partial charge in [0.1, 0.15) is 0 Å². The maximum Gasteiger partial charge on any atom is 0.0945 e. The molecule has 0 aliphatic rings. The second-order valence-corrected chi connectivity index (χ2v) is 6.37. The molecule has 0 radical (unpaired) electrons. The van der Waals surface area contributed by atoms with Gasteiger partial charge in [0, 0.05) is 37.9 Å². The van der Waals surface area contributed by atoms with Gasteiger partial charge in [-0.1, -0.05) is 72.6 Å². The van der Waals surface area contributed by atoms with E-state index in [1.54, 1.807) is 0 Å². The van der Waals surface area contributed by atoms with Gasteiger partial charge in [-0.15, -0.1) is 34.0 Å². The minimum atomic E-state index is 0. The van der Waals surface area contributed by atoms with E-state index in [1.165, 1.54) is 57.8 Å². The van der Waals surface area contributed by atoms with Crippen molar-refractivity contribution in [3.8, 4) is 0 Å². The van der Waals surface area contributed by atoms with E-state index in [-0.39, 0.29) is 34.0 Å². The fraction of sp³-hybridized carbons (Fsp3) is 0.714. The number of aryl methyl sites for hydroxylation is 2. The predicted octanol–water partition coefficient (Wildman–Crippen LogP) is 7.50. The molecule has 0 saturated heterocycles. The van der Waals surface area contributed by atoms with Crippen molar-refractivity contribution in [3.63, 3.8) is 0 Å². The quantitative estimate of drug-likeness (QED) is 0.311. The van der Waals surface area contributed by atoms with Crippen molar-refractivity contribution in [1.82, 2.24) is 19.1 Å². The van der Waals surface area contributed by atoms with Crippen LogP contribution in [0.15, 0.2) is 37.4 Å². The molecule has 2 aromatic heterocycles. The summed E-state index contributed by atoms with van der Waals surface area (Å²) in [7, 11) is 0. The summed E-state index contributed by atoms with van der Waals surface area (Å²) in [6, 6.07) is 0. The van der Waals surface area contributed by atoms with Gasteiger partial charge in [0.05, 0.1) is 12.7 Å². The average Bonchev–Trinajstić information content (AvgIpc) is 3.33. The van der Waals surface area contributed by atoms with Gasteiger partial charge in [0.15, 0.2) is 0 Å². The lowest BCUT2D eigenvalue weighted by Gasteiger charge is -1.96. The van der Waals surface area contributed by atoms with E-state index < -0.39 is 0 Å². The lowest BCUT2D eigenvalue weighted by molar-refractivity contribution is 0.631. The van der Waals surface area contributed by atoms with Crippen molar-refractivity contribution >= 4 is 34.0 Å². The van der Waals surface area contributed by atoms with Crippen LogP contribution >= 0.6 is 34.0 Å². The zero-order chi connectivity index (χ0) is 18.6. The lowest BCUT2D eigenvalue weighted by atomic mass is 10.2. The van der Waals surface area contributed by atoms with Crippen LogP contribution in [-0.2, 0) is 13.1 Å². The van der Waals surface area contributed by atoms with Gasteiger partial charge in [-0.3, -0.25) is 0 Å². The van der Waals surface area contributed by atoms with E-state index in [1.807, 2.05) is 37.4 Å². The monoisotopic (exact) mass is 508 g/mol. The summed E-state index contributed by atoms with van der Waals surface area (Å²) >= 11 is 0. The number of hydrogen-bond acceptors (Lipinski definition) is 2. The van der Waals surface area contributed by atoms with Crippen molar-refractivity contribution in [2.75, 3.05) is 0 Å². The molecule has 0 N–H and O–H groups in total. The molecule has 0 saturated carbocycles. The van der Waals surface area contributed by atoms with Crippen LogP contribution in [0.4, 0.5) is 0 Å². The van der Waals surface area contributed by atoms with E-state index in [0.717, 1.165) is 13.1 Å². The molecule has 0 aliphatic heterocycles. The highest BCUT2D eigenvalue weighted by molar-refractivity contribution is 8.93. The van der Waals surface area contributed by atoms with Crippen molar-refractivity contribution in [2.45, 2.75) is 98.6 Å². The number of halogens is 2. The van der Waals surface area contributed by atoms with Crippen LogP contribution in [0.1, 0.15) is 85.5 Å². The fourth-order valence-electron chi connectivity index (χ4n) is 2.20. The van der Waals surface area contributed by atoms with Crippen molar-refractivity contribution in [2.24, 2.45) is 0 Å². The first kappa shape index (κ1) is 31.1. The highest BCUT2D eigenvalue weighted by Crippen LogP contribution is 2.00. The summed E-state index contributed by atoms with van der Waals surface area (Å²) in [5.41, 5.74) is 0. The van der Waals surface area contributed by atoms with E-state index in [0.29, 0.717) is 0 Å². The van der Waals surface area contributed by atoms with Crippen LogP contribution in [-0.4, -0.2) is 19.1 Å². The van der Waals surface area contributed by atoms with Gasteiger partial charge in [-0.05, 0) is 12.8 Å². The molecule has 6 heteroatoms. The van der Waals surface area contributed by atoms with Crippen LogP contribution in [0.2, 0.25) is 0 Å². The van der Waals surface area contributed by atoms with Crippen LogP contribution in [0.3, 0.4) is 0 Å². The summed E-state index contributed by atoms with van der Waals surface area (Å²) < 4.78 is 4.20. The van der Waals surface area contributed by atoms with Crippen LogP contribution < -0.4 is 0 Å². The van der Waals surface area contributed by atoms with E-state index >= 15 is 0 Å². The van der Waals surface area contributed by atoms with Gasteiger partial charge in [0.25, 0.3) is 0 Å². The van der Waals surface area contributed by atoms with Crippen molar-refractivity contribution in [3.05, 3.63) is 37.4 Å². The van der Waals surface area contributed by atoms with Gasteiger partial charge >= 0.3 is 0 Å². The third kappa shape index (κ3) is 21.5. The van der Waals surface area contributed by atoms with Crippen LogP contribution in [0.5, 0.6) is 0 Å². The first-order valence-corrected chi connectivity index (χ1v) is 10.2. The molecular formula is C21H42Br2N4. The highest BCUT2D eigenvalue weighted by Gasteiger charge is 1.86. The topological polar surface area (TPSA) is 35.6 Å². The minimum Gasteiger partial charge on any atom is -0.337 e. The zero-order valence-corrected chi connectivity index (χ0v) is 21.3. The van der Waals surface area contributed by atoms with Gasteiger partial charge in [-0.2, -0.15) is 0 Å². The molecule has 0 bridgehead atoms. The molecule has 0 aromatic carbocycles. The highest BCUT2D eigenvalue weighted by atomic mass is 79.9. The van der Waals surface area contributed by atoms with Crippen molar-refractivity contribution in [1.29, 1.82) is 0 Å². The summed E-state index contributed by atoms with van der Waals surface area (Å²) in [6.07, 6.45) is 23.3. The number of unbranched alkanes of at least 4 members (excludes halogenated alkanes) is 6. The number of aromatic nitrogens is 4. The SMILES string of the molecule is Br.Br.CCCCCCC.CCCCn1ccnc1.CCCCn1ccnc1. The number of imidazole rings is 2. The average molecular weight is 510 g/mol. The molecule has 0 unspecified atom stereocenters. The summed E-state index contributed by atoms with van der Waals surface area (Å²) in [5, 5.41) is 0. The third-order valence-electron chi connectivity index (χ3n) is 3.87. The second-order valence-electron chi connectivity index (χ2n) is 6.37. The fourth-order valence-corrected chi connectivity index (χ4v) is 2.20. The van der Waals surface area contributed by atoms with E-state index in [2.05, 4.69) is 46.8 Å². The Balaban J connectivity index is -0.000000312. The number of hydrogen-bond donors (Lipinski definition) is 0. The Bertz CT molecular complexity index is 402. The third-order valence-corrected chi connectivity index (χ3v) is 3.87. The molecule has 27 heavy (non-hydrogen) atoms. The molecule has 0 spiro atoms. The molecule has 4 nitrogen and oxygen atoms in total. The Hall–Kier alpha value is -0.620. The Kier molecular flexibility index (Phi) is 29.2. The molecule has 0 amide bonds. The summed E-state index contributed by atoms with van der Waals surface area (Å²) in [6.45, 7) is 11.1. The first-order chi connectivity index (χ1) is 12.3. The maximum atomic E-state index is 3.94. The zero-order valence-electron chi connectivity index (χ0n) is 17.8. The Morgan fingerprint density at radius 1 is 0.556 bits per heavy atom. The molecule has 0 fully saturated rings. The molecular weight excluding hydrogens is 468 g/mol. The molecule has 2 rings (SSSR count). The normalized spacial score (nSPS) is 9.04. The second kappa shape index (κ2) is 25.4. The van der Waals surface area contributed by atoms with Crippen LogP contribution in [0, 0.1) is 0 Å². The molecule has 0 aliphatic carbocycles. The predicted molar refractivity (Wildman–Crippen MR) is 129 cm³/mol. The Morgan fingerprint density at radius 3 is 1.19 bits per heavy atom. The maximum absolute atomic E-state index is 3.94. The Morgan fingerprint density at radius 2 is 0.926 bits per heavy atom. The number of nitrogens with zero attached hydrogens (tertiary/aromatic N) is 4. The van der Waals surface area contributed by atoms with E-state index in [9.17, 15) is 0 Å². The van der Waals surface area contributed by atoms with Gasteiger partial charge in [-0.25, -0.2) is 9.97 Å². The molecule has 2 aromatic rings. The Labute approximate surface area is 188 Å².